The fraction of sp³-hybridized carbons (Fsp3) is 0.545. The van der Waals surface area contributed by atoms with Crippen molar-refractivity contribution in [2.75, 3.05) is 19.0 Å². The molecular formula is C11H15FN6O3. The molecule has 114 valence electrons. The van der Waals surface area contributed by atoms with E-state index in [1.54, 1.807) is 0 Å². The minimum Gasteiger partial charge on any atom is -0.387 e. The van der Waals surface area contributed by atoms with Gasteiger partial charge in [0.15, 0.2) is 23.3 Å². The maximum Gasteiger partial charge on any atom is 0.171 e. The molecule has 0 radical (unpaired) electrons. The number of halogens is 1. The van der Waals surface area contributed by atoms with E-state index in [9.17, 15) is 14.6 Å². The number of hydrogen-bond donors (Lipinski definition) is 4. The molecule has 1 fully saturated rings. The number of nitrogen functional groups attached to an aromatic ring is 1. The zero-order chi connectivity index (χ0) is 15.2. The summed E-state index contributed by atoms with van der Waals surface area (Å²) in [6.45, 7) is -1.28. The van der Waals surface area contributed by atoms with Crippen LogP contribution in [0.2, 0.25) is 0 Å². The van der Waals surface area contributed by atoms with Gasteiger partial charge >= 0.3 is 0 Å². The smallest absolute Gasteiger partial charge is 0.171 e. The van der Waals surface area contributed by atoms with Crippen LogP contribution in [-0.4, -0.2) is 60.8 Å². The Morgan fingerprint density at radius 1 is 1.43 bits per heavy atom. The Balaban J connectivity index is 2.11. The lowest BCUT2D eigenvalue weighted by atomic mass is 9.95. The van der Waals surface area contributed by atoms with E-state index in [2.05, 4.69) is 15.0 Å². The summed E-state index contributed by atoms with van der Waals surface area (Å²) in [6, 6.07) is 0. The minimum absolute atomic E-state index is 0.0657. The molecule has 0 saturated carbocycles. The average molecular weight is 298 g/mol. The largest absolute Gasteiger partial charge is 0.387 e. The van der Waals surface area contributed by atoms with Crippen LogP contribution in [0.4, 0.5) is 10.2 Å². The number of nitrogens with zero attached hydrogens (tertiary/aromatic N) is 4. The highest BCUT2D eigenvalue weighted by Gasteiger charge is 2.56. The normalized spacial score (nSPS) is 32.9. The number of hydrogen-bond acceptors (Lipinski definition) is 8. The third-order valence-electron chi connectivity index (χ3n) is 3.68. The van der Waals surface area contributed by atoms with Crippen LogP contribution in [0.3, 0.4) is 0 Å². The second-order valence-electron chi connectivity index (χ2n) is 4.92. The van der Waals surface area contributed by atoms with Gasteiger partial charge in [0, 0.05) is 6.54 Å². The third-order valence-corrected chi connectivity index (χ3v) is 3.68. The number of rotatable bonds is 3. The topological polar surface area (TPSA) is 145 Å². The van der Waals surface area contributed by atoms with Crippen molar-refractivity contribution in [2.45, 2.75) is 24.0 Å². The zero-order valence-corrected chi connectivity index (χ0v) is 10.9. The second-order valence-corrected chi connectivity index (χ2v) is 4.92. The lowest BCUT2D eigenvalue weighted by Crippen LogP contribution is -2.49. The van der Waals surface area contributed by atoms with Crippen molar-refractivity contribution in [3.63, 3.8) is 0 Å². The quantitative estimate of drug-likeness (QED) is 0.526. The Bertz CT molecular complexity index is 666. The summed E-state index contributed by atoms with van der Waals surface area (Å²) in [4.78, 5) is 11.8. The first-order chi connectivity index (χ1) is 10.0. The molecule has 0 aromatic carbocycles. The first-order valence-corrected chi connectivity index (χ1v) is 6.28. The van der Waals surface area contributed by atoms with Gasteiger partial charge < -0.3 is 26.4 Å². The highest BCUT2D eigenvalue weighted by Crippen LogP contribution is 2.39. The Labute approximate surface area is 118 Å². The van der Waals surface area contributed by atoms with E-state index in [-0.39, 0.29) is 18.0 Å². The van der Waals surface area contributed by atoms with E-state index in [1.807, 2.05) is 0 Å². The molecule has 0 bridgehead atoms. The van der Waals surface area contributed by atoms with Gasteiger partial charge in [-0.2, -0.15) is 0 Å². The molecule has 4 atom stereocenters. The SMILES string of the molecule is NC[C@H]1O[C@@H](n2cnc3c(N)ncnc32)C(O)(CF)C1O. The van der Waals surface area contributed by atoms with E-state index in [0.29, 0.717) is 5.52 Å². The van der Waals surface area contributed by atoms with Crippen LogP contribution in [0.5, 0.6) is 0 Å². The molecule has 10 heteroatoms. The van der Waals surface area contributed by atoms with Crippen molar-refractivity contribution in [2.24, 2.45) is 5.73 Å². The Kier molecular flexibility index (Phi) is 3.24. The van der Waals surface area contributed by atoms with Crippen LogP contribution in [0.15, 0.2) is 12.7 Å². The molecule has 6 N–H and O–H groups in total. The van der Waals surface area contributed by atoms with Gasteiger partial charge in [0.1, 0.15) is 30.7 Å². The average Bonchev–Trinajstić information content (AvgIpc) is 3.01. The van der Waals surface area contributed by atoms with E-state index in [1.165, 1.54) is 17.2 Å². The Hall–Kier alpha value is -1.88. The summed E-state index contributed by atoms with van der Waals surface area (Å²) in [7, 11) is 0. The van der Waals surface area contributed by atoms with Crippen LogP contribution < -0.4 is 11.5 Å². The number of imidazole rings is 1. The van der Waals surface area contributed by atoms with Crippen molar-refractivity contribution in [1.82, 2.24) is 19.5 Å². The lowest BCUT2D eigenvalue weighted by Gasteiger charge is -2.28. The number of aliphatic hydroxyl groups is 2. The number of nitrogens with two attached hydrogens (primary N) is 2. The number of anilines is 1. The van der Waals surface area contributed by atoms with Gasteiger partial charge in [-0.1, -0.05) is 0 Å². The van der Waals surface area contributed by atoms with Crippen molar-refractivity contribution < 1.29 is 19.3 Å². The Morgan fingerprint density at radius 3 is 2.86 bits per heavy atom. The maximum absolute atomic E-state index is 13.3. The van der Waals surface area contributed by atoms with Crippen LogP contribution in [-0.2, 0) is 4.74 Å². The number of aliphatic hydroxyl groups excluding tert-OH is 1. The van der Waals surface area contributed by atoms with Crippen molar-refractivity contribution in [3.05, 3.63) is 12.7 Å². The van der Waals surface area contributed by atoms with Gasteiger partial charge in [-0.3, -0.25) is 4.57 Å². The van der Waals surface area contributed by atoms with Crippen molar-refractivity contribution >= 4 is 17.0 Å². The molecule has 1 aliphatic rings. The molecule has 2 unspecified atom stereocenters. The maximum atomic E-state index is 13.3. The highest BCUT2D eigenvalue weighted by atomic mass is 19.1. The van der Waals surface area contributed by atoms with Gasteiger partial charge in [0.05, 0.1) is 6.33 Å². The standard InChI is InChI=1S/C11H15FN6O3/c12-2-11(20)7(19)5(1-13)21-10(11)18-4-17-6-8(14)15-3-16-9(6)18/h3-5,7,10,19-20H,1-2,13H2,(H2,14,15,16)/t5-,7?,10-,11?/m1/s1. The second kappa shape index (κ2) is 4.84. The zero-order valence-electron chi connectivity index (χ0n) is 10.9. The number of fused-ring (bicyclic) bond motifs is 1. The number of aromatic nitrogens is 4. The highest BCUT2D eigenvalue weighted by molar-refractivity contribution is 5.81. The van der Waals surface area contributed by atoms with E-state index < -0.39 is 30.7 Å². The molecule has 0 spiro atoms. The minimum atomic E-state index is -2.14. The Morgan fingerprint density at radius 2 is 2.19 bits per heavy atom. The van der Waals surface area contributed by atoms with Crippen molar-refractivity contribution in [1.29, 1.82) is 0 Å². The van der Waals surface area contributed by atoms with Crippen LogP contribution in [0.1, 0.15) is 6.23 Å². The first kappa shape index (κ1) is 14.1. The van der Waals surface area contributed by atoms with Gasteiger partial charge in [0.2, 0.25) is 0 Å². The van der Waals surface area contributed by atoms with Gasteiger partial charge in [-0.15, -0.1) is 0 Å². The lowest BCUT2D eigenvalue weighted by molar-refractivity contribution is -0.118. The van der Waals surface area contributed by atoms with Crippen molar-refractivity contribution in [3.8, 4) is 0 Å². The molecule has 2 aromatic heterocycles. The fourth-order valence-electron chi connectivity index (χ4n) is 2.50. The van der Waals surface area contributed by atoms with Gasteiger partial charge in [-0.25, -0.2) is 19.3 Å². The van der Waals surface area contributed by atoms with Crippen LogP contribution in [0, 0.1) is 0 Å². The predicted molar refractivity (Wildman–Crippen MR) is 69.6 cm³/mol. The summed E-state index contributed by atoms with van der Waals surface area (Å²) in [5, 5.41) is 20.4. The third kappa shape index (κ3) is 1.87. The molecule has 1 aliphatic heterocycles. The molecule has 9 nitrogen and oxygen atoms in total. The van der Waals surface area contributed by atoms with Gasteiger partial charge in [0.25, 0.3) is 0 Å². The van der Waals surface area contributed by atoms with Crippen LogP contribution >= 0.6 is 0 Å². The fourth-order valence-corrected chi connectivity index (χ4v) is 2.50. The molecular weight excluding hydrogens is 283 g/mol. The number of ether oxygens (including phenoxy) is 1. The first-order valence-electron chi connectivity index (χ1n) is 6.28. The summed E-state index contributed by atoms with van der Waals surface area (Å²) in [5.41, 5.74) is 9.56. The summed E-state index contributed by atoms with van der Waals surface area (Å²) >= 11 is 0. The molecule has 21 heavy (non-hydrogen) atoms. The summed E-state index contributed by atoms with van der Waals surface area (Å²) < 4.78 is 20.1. The molecule has 0 aliphatic carbocycles. The van der Waals surface area contributed by atoms with E-state index in [4.69, 9.17) is 16.2 Å². The molecule has 0 amide bonds. The van der Waals surface area contributed by atoms with E-state index >= 15 is 0 Å². The molecule has 2 aromatic rings. The molecule has 3 heterocycles. The molecule has 3 rings (SSSR count). The van der Waals surface area contributed by atoms with E-state index in [0.717, 1.165) is 0 Å². The molecule has 1 saturated heterocycles. The monoisotopic (exact) mass is 298 g/mol. The van der Waals surface area contributed by atoms with Crippen LogP contribution in [0.25, 0.3) is 11.2 Å². The predicted octanol–water partition coefficient (Wildman–Crippen LogP) is -1.67. The summed E-state index contributed by atoms with van der Waals surface area (Å²) in [6.07, 6.45) is -1.06. The van der Waals surface area contributed by atoms with Gasteiger partial charge in [-0.05, 0) is 0 Å². The number of alkyl halides is 1. The summed E-state index contributed by atoms with van der Waals surface area (Å²) in [5.74, 6) is 0.149.